The number of amides is 1. The molecule has 1 atom stereocenters. The van der Waals surface area contributed by atoms with Crippen LogP contribution in [0.1, 0.15) is 43.4 Å². The van der Waals surface area contributed by atoms with Crippen LogP contribution in [0.15, 0.2) is 18.2 Å². The number of rotatable bonds is 4. The lowest BCUT2D eigenvalue weighted by molar-refractivity contribution is -0.118. The van der Waals surface area contributed by atoms with E-state index >= 15 is 0 Å². The first-order valence-electron chi connectivity index (χ1n) is 6.98. The quantitative estimate of drug-likeness (QED) is 0.869. The highest BCUT2D eigenvalue weighted by Gasteiger charge is 2.22. The van der Waals surface area contributed by atoms with E-state index in [-0.39, 0.29) is 12.5 Å². The molecule has 0 spiro atoms. The van der Waals surface area contributed by atoms with E-state index in [9.17, 15) is 9.90 Å². The summed E-state index contributed by atoms with van der Waals surface area (Å²) in [4.78, 5) is 14.0. The zero-order valence-electron chi connectivity index (χ0n) is 11.4. The van der Waals surface area contributed by atoms with Crippen molar-refractivity contribution in [1.82, 2.24) is 0 Å². The average Bonchev–Trinajstić information content (AvgIpc) is 2.45. The van der Waals surface area contributed by atoms with Crippen LogP contribution in [-0.2, 0) is 11.2 Å². The number of fused-ring (bicyclic) bond motifs is 1. The van der Waals surface area contributed by atoms with Crippen LogP contribution in [0.2, 0.25) is 0 Å². The van der Waals surface area contributed by atoms with E-state index in [0.29, 0.717) is 6.42 Å². The van der Waals surface area contributed by atoms with E-state index in [4.69, 9.17) is 5.73 Å². The first kappa shape index (κ1) is 14.0. The van der Waals surface area contributed by atoms with Gasteiger partial charge in [-0.25, -0.2) is 0 Å². The average molecular weight is 262 g/mol. The number of benzene rings is 1. The van der Waals surface area contributed by atoms with Crippen LogP contribution in [0.3, 0.4) is 0 Å². The maximum Gasteiger partial charge on any atom is 0.226 e. The summed E-state index contributed by atoms with van der Waals surface area (Å²) in [5.41, 5.74) is 8.46. The van der Waals surface area contributed by atoms with Crippen LogP contribution < -0.4 is 10.6 Å². The molecular formula is C15H22N2O2. The van der Waals surface area contributed by atoms with Crippen LogP contribution in [0.5, 0.6) is 0 Å². The topological polar surface area (TPSA) is 66.6 Å². The van der Waals surface area contributed by atoms with Gasteiger partial charge in [0.25, 0.3) is 0 Å². The molecule has 1 heterocycles. The van der Waals surface area contributed by atoms with Crippen LogP contribution in [0, 0.1) is 0 Å². The van der Waals surface area contributed by atoms with Crippen LogP contribution in [0.25, 0.3) is 0 Å². The molecule has 2 rings (SSSR count). The Bertz CT molecular complexity index is 459. The van der Waals surface area contributed by atoms with E-state index in [1.165, 1.54) is 0 Å². The van der Waals surface area contributed by atoms with Crippen LogP contribution >= 0.6 is 0 Å². The molecule has 4 nitrogen and oxygen atoms in total. The molecule has 104 valence electrons. The Labute approximate surface area is 114 Å². The second-order valence-corrected chi connectivity index (χ2v) is 5.04. The van der Waals surface area contributed by atoms with Gasteiger partial charge in [-0.15, -0.1) is 0 Å². The van der Waals surface area contributed by atoms with Gasteiger partial charge in [0.15, 0.2) is 0 Å². The van der Waals surface area contributed by atoms with E-state index in [1.54, 1.807) is 0 Å². The lowest BCUT2D eigenvalue weighted by Crippen LogP contribution is -2.35. The summed E-state index contributed by atoms with van der Waals surface area (Å²) in [5.74, 6) is 0.190. The first-order valence-corrected chi connectivity index (χ1v) is 6.98. The molecule has 0 radical (unpaired) electrons. The highest BCUT2D eigenvalue weighted by Crippen LogP contribution is 2.30. The molecule has 1 aliphatic heterocycles. The zero-order valence-corrected chi connectivity index (χ0v) is 11.4. The lowest BCUT2D eigenvalue weighted by Gasteiger charge is -2.30. The molecule has 1 unspecified atom stereocenters. The normalized spacial score (nSPS) is 16.1. The molecule has 0 bridgehead atoms. The van der Waals surface area contributed by atoms with Gasteiger partial charge < -0.3 is 15.7 Å². The van der Waals surface area contributed by atoms with E-state index in [0.717, 1.165) is 42.6 Å². The summed E-state index contributed by atoms with van der Waals surface area (Å²) in [7, 11) is 0. The van der Waals surface area contributed by atoms with Crippen molar-refractivity contribution in [3.8, 4) is 0 Å². The smallest absolute Gasteiger partial charge is 0.226 e. The van der Waals surface area contributed by atoms with Crippen molar-refractivity contribution in [3.63, 3.8) is 0 Å². The molecule has 0 fully saturated rings. The molecule has 1 amide bonds. The van der Waals surface area contributed by atoms with E-state index < -0.39 is 6.10 Å². The van der Waals surface area contributed by atoms with Crippen molar-refractivity contribution >= 4 is 11.6 Å². The zero-order chi connectivity index (χ0) is 13.8. The number of hydrogen-bond donors (Lipinski definition) is 2. The van der Waals surface area contributed by atoms with Gasteiger partial charge in [-0.3, -0.25) is 4.79 Å². The Morgan fingerprint density at radius 1 is 1.53 bits per heavy atom. The minimum atomic E-state index is -0.619. The molecule has 4 heteroatoms. The number of hydrogen-bond acceptors (Lipinski definition) is 3. The molecule has 1 aliphatic rings. The monoisotopic (exact) mass is 262 g/mol. The second kappa shape index (κ2) is 6.17. The SMILES string of the molecule is CCCC(=O)N1CCCc2cc(C(O)CN)ccc21. The van der Waals surface area contributed by atoms with Crippen molar-refractivity contribution in [2.45, 2.75) is 38.7 Å². The number of aliphatic hydroxyl groups excluding tert-OH is 1. The van der Waals surface area contributed by atoms with Crippen molar-refractivity contribution in [3.05, 3.63) is 29.3 Å². The highest BCUT2D eigenvalue weighted by atomic mass is 16.3. The fraction of sp³-hybridized carbons (Fsp3) is 0.533. The fourth-order valence-electron chi connectivity index (χ4n) is 2.57. The number of carbonyl (C=O) groups is 1. The molecule has 3 N–H and O–H groups in total. The minimum absolute atomic E-state index is 0.190. The molecule has 1 aromatic carbocycles. The minimum Gasteiger partial charge on any atom is -0.387 e. The van der Waals surface area contributed by atoms with Gasteiger partial charge in [0.05, 0.1) is 6.10 Å². The predicted octanol–water partition coefficient (Wildman–Crippen LogP) is 1.76. The van der Waals surface area contributed by atoms with Crippen molar-refractivity contribution in [2.24, 2.45) is 5.73 Å². The van der Waals surface area contributed by atoms with Crippen molar-refractivity contribution in [1.29, 1.82) is 0 Å². The summed E-state index contributed by atoms with van der Waals surface area (Å²) in [6.45, 7) is 3.03. The number of carbonyl (C=O) groups excluding carboxylic acids is 1. The Balaban J connectivity index is 2.28. The highest BCUT2D eigenvalue weighted by molar-refractivity contribution is 5.94. The maximum atomic E-state index is 12.1. The number of anilines is 1. The Hall–Kier alpha value is -1.39. The maximum absolute atomic E-state index is 12.1. The predicted molar refractivity (Wildman–Crippen MR) is 76.0 cm³/mol. The third-order valence-electron chi connectivity index (χ3n) is 3.60. The fourth-order valence-corrected chi connectivity index (χ4v) is 2.57. The molecule has 0 aliphatic carbocycles. The first-order chi connectivity index (χ1) is 9.17. The Morgan fingerprint density at radius 3 is 3.00 bits per heavy atom. The van der Waals surface area contributed by atoms with Gasteiger partial charge in [-0.05, 0) is 36.5 Å². The summed E-state index contributed by atoms with van der Waals surface area (Å²) in [5, 5.41) is 9.78. The van der Waals surface area contributed by atoms with Gasteiger partial charge in [-0.1, -0.05) is 19.1 Å². The van der Waals surface area contributed by atoms with Gasteiger partial charge in [-0.2, -0.15) is 0 Å². The molecular weight excluding hydrogens is 240 g/mol. The van der Waals surface area contributed by atoms with Crippen molar-refractivity contribution in [2.75, 3.05) is 18.0 Å². The Morgan fingerprint density at radius 2 is 2.32 bits per heavy atom. The van der Waals surface area contributed by atoms with E-state index in [2.05, 4.69) is 0 Å². The number of nitrogens with zero attached hydrogens (tertiary/aromatic N) is 1. The third-order valence-corrected chi connectivity index (χ3v) is 3.60. The summed E-state index contributed by atoms with van der Waals surface area (Å²) in [6.07, 6.45) is 2.77. The molecule has 1 aromatic rings. The van der Waals surface area contributed by atoms with Gasteiger partial charge in [0.2, 0.25) is 5.91 Å². The van der Waals surface area contributed by atoms with Crippen LogP contribution in [0.4, 0.5) is 5.69 Å². The number of aryl methyl sites for hydroxylation is 1. The van der Waals surface area contributed by atoms with Crippen molar-refractivity contribution < 1.29 is 9.90 Å². The second-order valence-electron chi connectivity index (χ2n) is 5.04. The standard InChI is InChI=1S/C15H22N2O2/c1-2-4-15(19)17-8-3-5-11-9-12(14(18)10-16)6-7-13(11)17/h6-7,9,14,18H,2-5,8,10,16H2,1H3. The molecule has 0 aromatic heterocycles. The van der Waals surface area contributed by atoms with Gasteiger partial charge in [0, 0.05) is 25.2 Å². The van der Waals surface area contributed by atoms with Gasteiger partial charge in [0.1, 0.15) is 0 Å². The van der Waals surface area contributed by atoms with Gasteiger partial charge >= 0.3 is 0 Å². The summed E-state index contributed by atoms with van der Waals surface area (Å²) < 4.78 is 0. The number of aliphatic hydroxyl groups is 1. The molecule has 19 heavy (non-hydrogen) atoms. The molecule has 0 saturated carbocycles. The molecule has 0 saturated heterocycles. The third kappa shape index (κ3) is 2.96. The Kier molecular flexibility index (Phi) is 4.56. The summed E-state index contributed by atoms with van der Waals surface area (Å²) in [6, 6.07) is 5.79. The largest absolute Gasteiger partial charge is 0.387 e. The summed E-state index contributed by atoms with van der Waals surface area (Å²) >= 11 is 0. The lowest BCUT2D eigenvalue weighted by atomic mass is 9.97. The van der Waals surface area contributed by atoms with E-state index in [1.807, 2.05) is 30.0 Å². The van der Waals surface area contributed by atoms with Crippen LogP contribution in [-0.4, -0.2) is 24.1 Å². The number of nitrogens with two attached hydrogens (primary N) is 1.